The lowest BCUT2D eigenvalue weighted by Gasteiger charge is -2.34. The topological polar surface area (TPSA) is 49.4 Å². The second-order valence-corrected chi connectivity index (χ2v) is 8.64. The number of nitrogens with zero attached hydrogens (tertiary/aromatic N) is 1. The van der Waals surface area contributed by atoms with Crippen LogP contribution in [-0.4, -0.2) is 23.9 Å². The molecule has 0 bridgehead atoms. The monoisotopic (exact) mass is 344 g/mol. The molecular formula is C21H32N2O2. The second-order valence-electron chi connectivity index (χ2n) is 8.64. The number of para-hydroxylation sites is 1. The molecule has 1 heterocycles. The number of fused-ring (bicyclic) bond motifs is 1. The molecule has 1 aliphatic heterocycles. The summed E-state index contributed by atoms with van der Waals surface area (Å²) in [7, 11) is 0. The molecule has 4 heteroatoms. The molecule has 0 fully saturated rings. The maximum absolute atomic E-state index is 13.0. The average molecular weight is 344 g/mol. The van der Waals surface area contributed by atoms with Crippen molar-refractivity contribution in [2.75, 3.05) is 4.90 Å². The highest BCUT2D eigenvalue weighted by Gasteiger charge is 2.38. The molecule has 1 unspecified atom stereocenters. The fourth-order valence-electron chi connectivity index (χ4n) is 3.47. The van der Waals surface area contributed by atoms with Gasteiger partial charge in [0.1, 0.15) is 6.04 Å². The summed E-state index contributed by atoms with van der Waals surface area (Å²) in [6, 6.07) is 7.44. The first-order valence-electron chi connectivity index (χ1n) is 9.29. The van der Waals surface area contributed by atoms with E-state index in [0.717, 1.165) is 24.1 Å². The second kappa shape index (κ2) is 7.59. The number of amides is 2. The molecule has 0 aliphatic carbocycles. The van der Waals surface area contributed by atoms with Gasteiger partial charge in [-0.2, -0.15) is 0 Å². The Hall–Kier alpha value is -1.84. The Kier molecular flexibility index (Phi) is 5.91. The molecule has 0 spiro atoms. The van der Waals surface area contributed by atoms with Crippen LogP contribution in [0.5, 0.6) is 0 Å². The third kappa shape index (κ3) is 4.62. The molecule has 2 amide bonds. The van der Waals surface area contributed by atoms with E-state index >= 15 is 0 Å². The first-order chi connectivity index (χ1) is 11.6. The molecule has 2 rings (SSSR count). The summed E-state index contributed by atoms with van der Waals surface area (Å²) in [5.41, 5.74) is 1.91. The van der Waals surface area contributed by atoms with E-state index in [9.17, 15) is 9.59 Å². The van der Waals surface area contributed by atoms with Gasteiger partial charge in [0.05, 0.1) is 0 Å². The normalized spacial score (nSPS) is 18.2. The Bertz CT molecular complexity index is 631. The number of anilines is 1. The highest BCUT2D eigenvalue weighted by Crippen LogP contribution is 2.33. The van der Waals surface area contributed by atoms with Gasteiger partial charge in [-0.15, -0.1) is 0 Å². The lowest BCUT2D eigenvalue weighted by Crippen LogP contribution is -2.53. The van der Waals surface area contributed by atoms with Gasteiger partial charge in [0.15, 0.2) is 0 Å². The van der Waals surface area contributed by atoms with Gasteiger partial charge < -0.3 is 5.32 Å². The molecule has 1 aromatic rings. The Balaban J connectivity index is 2.17. The first kappa shape index (κ1) is 19.5. The molecule has 4 nitrogen and oxygen atoms in total. The Morgan fingerprint density at radius 1 is 1.20 bits per heavy atom. The number of hydrogen-bond donors (Lipinski definition) is 1. The van der Waals surface area contributed by atoms with E-state index in [4.69, 9.17) is 0 Å². The quantitative estimate of drug-likeness (QED) is 0.880. The fourth-order valence-corrected chi connectivity index (χ4v) is 3.47. The van der Waals surface area contributed by atoms with E-state index in [0.29, 0.717) is 12.3 Å². The van der Waals surface area contributed by atoms with Crippen molar-refractivity contribution in [3.63, 3.8) is 0 Å². The molecule has 1 N–H and O–H groups in total. The minimum absolute atomic E-state index is 0.0168. The zero-order valence-corrected chi connectivity index (χ0v) is 16.4. The predicted molar refractivity (Wildman–Crippen MR) is 103 cm³/mol. The molecule has 0 saturated carbocycles. The fraction of sp³-hybridized carbons (Fsp3) is 0.619. The van der Waals surface area contributed by atoms with E-state index < -0.39 is 6.04 Å². The molecule has 138 valence electrons. The van der Waals surface area contributed by atoms with E-state index in [1.165, 1.54) is 6.92 Å². The van der Waals surface area contributed by atoms with Gasteiger partial charge in [-0.3, -0.25) is 14.5 Å². The van der Waals surface area contributed by atoms with Crippen LogP contribution in [0.2, 0.25) is 0 Å². The summed E-state index contributed by atoms with van der Waals surface area (Å²) in [5, 5.41) is 3.24. The number of hydrogen-bond acceptors (Lipinski definition) is 2. The molecule has 2 atom stereocenters. The summed E-state index contributed by atoms with van der Waals surface area (Å²) < 4.78 is 0. The van der Waals surface area contributed by atoms with Crippen molar-refractivity contribution in [3.05, 3.63) is 29.8 Å². The van der Waals surface area contributed by atoms with Crippen LogP contribution in [0, 0.1) is 11.3 Å². The number of carbonyl (C=O) groups is 2. The van der Waals surface area contributed by atoms with Crippen molar-refractivity contribution >= 4 is 17.5 Å². The lowest BCUT2D eigenvalue weighted by atomic mass is 9.82. The standard InChI is InChI=1S/C21H32N2O2/c1-14(2)11-12-19(21(4,5)6)22-20(25)18-13-16-9-7-8-10-17(16)23(18)15(3)24/h7-10,14,18-19H,11-13H2,1-6H3,(H,22,25)/t18-,19?/m0/s1. The van der Waals surface area contributed by atoms with Crippen molar-refractivity contribution in [3.8, 4) is 0 Å². The van der Waals surface area contributed by atoms with Crippen molar-refractivity contribution < 1.29 is 9.59 Å². The zero-order valence-electron chi connectivity index (χ0n) is 16.4. The lowest BCUT2D eigenvalue weighted by molar-refractivity contribution is -0.126. The summed E-state index contributed by atoms with van der Waals surface area (Å²) >= 11 is 0. The van der Waals surface area contributed by atoms with Gasteiger partial charge in [0.2, 0.25) is 11.8 Å². The SMILES string of the molecule is CC(=O)N1c2ccccc2C[C@H]1C(=O)NC(CCC(C)C)C(C)(C)C. The minimum atomic E-state index is -0.446. The smallest absolute Gasteiger partial charge is 0.243 e. The van der Waals surface area contributed by atoms with E-state index in [1.54, 1.807) is 4.90 Å². The van der Waals surface area contributed by atoms with Gasteiger partial charge in [0, 0.05) is 25.1 Å². The van der Waals surface area contributed by atoms with E-state index in [2.05, 4.69) is 39.9 Å². The molecular weight excluding hydrogens is 312 g/mol. The number of benzene rings is 1. The van der Waals surface area contributed by atoms with Crippen LogP contribution in [0.25, 0.3) is 0 Å². The van der Waals surface area contributed by atoms with Gasteiger partial charge in [-0.05, 0) is 35.8 Å². The Morgan fingerprint density at radius 3 is 2.40 bits per heavy atom. The van der Waals surface area contributed by atoms with E-state index in [1.807, 2.05) is 24.3 Å². The molecule has 0 radical (unpaired) electrons. The summed E-state index contributed by atoms with van der Waals surface area (Å²) in [6.07, 6.45) is 2.61. The largest absolute Gasteiger partial charge is 0.351 e. The predicted octanol–water partition coefficient (Wildman–Crippen LogP) is 3.93. The molecule has 1 aromatic carbocycles. The molecule has 25 heavy (non-hydrogen) atoms. The number of nitrogens with one attached hydrogen (secondary N) is 1. The number of rotatable bonds is 5. The van der Waals surface area contributed by atoms with Crippen LogP contribution in [0.3, 0.4) is 0 Å². The van der Waals surface area contributed by atoms with Crippen molar-refractivity contribution in [2.45, 2.75) is 72.9 Å². The Morgan fingerprint density at radius 2 is 1.84 bits per heavy atom. The summed E-state index contributed by atoms with van der Waals surface area (Å²) in [4.78, 5) is 26.8. The third-order valence-electron chi connectivity index (χ3n) is 5.01. The van der Waals surface area contributed by atoms with Crippen molar-refractivity contribution in [2.24, 2.45) is 11.3 Å². The van der Waals surface area contributed by atoms with Gasteiger partial charge in [-0.1, -0.05) is 52.8 Å². The van der Waals surface area contributed by atoms with Crippen LogP contribution in [-0.2, 0) is 16.0 Å². The summed E-state index contributed by atoms with van der Waals surface area (Å²) in [6.45, 7) is 12.4. The van der Waals surface area contributed by atoms with Crippen LogP contribution in [0.1, 0.15) is 59.9 Å². The highest BCUT2D eigenvalue weighted by molar-refractivity contribution is 6.02. The van der Waals surface area contributed by atoms with Gasteiger partial charge in [-0.25, -0.2) is 0 Å². The summed E-state index contributed by atoms with van der Waals surface area (Å²) in [5.74, 6) is 0.473. The highest BCUT2D eigenvalue weighted by atomic mass is 16.2. The van der Waals surface area contributed by atoms with Crippen LogP contribution in [0.15, 0.2) is 24.3 Å². The third-order valence-corrected chi connectivity index (χ3v) is 5.01. The minimum Gasteiger partial charge on any atom is -0.351 e. The number of carbonyl (C=O) groups excluding carboxylic acids is 2. The molecule has 0 saturated heterocycles. The van der Waals surface area contributed by atoms with Gasteiger partial charge >= 0.3 is 0 Å². The maximum atomic E-state index is 13.0. The Labute approximate surface area is 152 Å². The van der Waals surface area contributed by atoms with Crippen LogP contribution in [0.4, 0.5) is 5.69 Å². The van der Waals surface area contributed by atoms with Crippen LogP contribution >= 0.6 is 0 Å². The maximum Gasteiger partial charge on any atom is 0.243 e. The molecule has 1 aliphatic rings. The van der Waals surface area contributed by atoms with Crippen LogP contribution < -0.4 is 10.2 Å². The van der Waals surface area contributed by atoms with E-state index in [-0.39, 0.29) is 23.3 Å². The molecule has 0 aromatic heterocycles. The van der Waals surface area contributed by atoms with Crippen molar-refractivity contribution in [1.29, 1.82) is 0 Å². The zero-order chi connectivity index (χ0) is 18.8. The van der Waals surface area contributed by atoms with Gasteiger partial charge in [0.25, 0.3) is 0 Å². The first-order valence-corrected chi connectivity index (χ1v) is 9.29. The average Bonchev–Trinajstić information content (AvgIpc) is 2.89. The van der Waals surface area contributed by atoms with Crippen molar-refractivity contribution in [1.82, 2.24) is 5.32 Å².